The van der Waals surface area contributed by atoms with Crippen molar-refractivity contribution < 1.29 is 9.53 Å². The molecule has 0 saturated heterocycles. The molecule has 0 saturated carbocycles. The fourth-order valence-corrected chi connectivity index (χ4v) is 3.80. The molecule has 0 spiro atoms. The average Bonchev–Trinajstić information content (AvgIpc) is 3.00. The van der Waals surface area contributed by atoms with Gasteiger partial charge in [-0.1, -0.05) is 0 Å². The van der Waals surface area contributed by atoms with E-state index in [0.717, 1.165) is 29.2 Å². The van der Waals surface area contributed by atoms with Gasteiger partial charge in [0.1, 0.15) is 17.9 Å². The molecule has 4 N–H and O–H groups in total. The third-order valence-corrected chi connectivity index (χ3v) is 5.01. The van der Waals surface area contributed by atoms with Crippen LogP contribution in [-0.2, 0) is 11.2 Å². The van der Waals surface area contributed by atoms with Crippen molar-refractivity contribution >= 4 is 23.4 Å². The topological polar surface area (TPSA) is 79.6 Å². The average molecular weight is 334 g/mol. The molecule has 6 nitrogen and oxygen atoms in total. The number of thioether (sulfide) groups is 1. The Morgan fingerprint density at radius 1 is 1.57 bits per heavy atom. The number of ether oxygens (including phenoxy) is 1. The quantitative estimate of drug-likeness (QED) is 0.753. The number of nitrogens with one attached hydrogen (secondary N) is 2. The van der Waals surface area contributed by atoms with Gasteiger partial charge in [-0.3, -0.25) is 4.79 Å². The van der Waals surface area contributed by atoms with Gasteiger partial charge in [-0.15, -0.1) is 11.8 Å². The Labute approximate surface area is 140 Å². The van der Waals surface area contributed by atoms with Crippen molar-refractivity contribution in [2.45, 2.75) is 24.9 Å². The van der Waals surface area contributed by atoms with Crippen LogP contribution in [0.4, 0.5) is 5.69 Å². The molecule has 23 heavy (non-hydrogen) atoms. The van der Waals surface area contributed by atoms with Crippen LogP contribution in [0.25, 0.3) is 0 Å². The summed E-state index contributed by atoms with van der Waals surface area (Å²) in [4.78, 5) is 13.5. The predicted molar refractivity (Wildman–Crippen MR) is 93.1 cm³/mol. The largest absolute Gasteiger partial charge is 0.491 e. The molecule has 2 aliphatic rings. The van der Waals surface area contributed by atoms with Gasteiger partial charge in [-0.05, 0) is 30.2 Å². The third kappa shape index (κ3) is 3.73. The van der Waals surface area contributed by atoms with Crippen molar-refractivity contribution in [2.75, 3.05) is 24.2 Å². The third-order valence-electron chi connectivity index (χ3n) is 3.84. The lowest BCUT2D eigenvalue weighted by Crippen LogP contribution is -2.46. The van der Waals surface area contributed by atoms with E-state index in [1.54, 1.807) is 11.8 Å². The molecule has 1 unspecified atom stereocenters. The Morgan fingerprint density at radius 2 is 2.43 bits per heavy atom. The van der Waals surface area contributed by atoms with Crippen LogP contribution in [0, 0.1) is 0 Å². The Balaban J connectivity index is 1.71. The highest BCUT2D eigenvalue weighted by Gasteiger charge is 2.30. The summed E-state index contributed by atoms with van der Waals surface area (Å²) in [5.74, 6) is 1.74. The van der Waals surface area contributed by atoms with Gasteiger partial charge in [0.15, 0.2) is 0 Å². The first-order chi connectivity index (χ1) is 11.2. The summed E-state index contributed by atoms with van der Waals surface area (Å²) in [6.45, 7) is 2.83. The molecular weight excluding hydrogens is 312 g/mol. The summed E-state index contributed by atoms with van der Waals surface area (Å²) in [6.07, 6.45) is 4.93. The minimum atomic E-state index is -0.0665. The van der Waals surface area contributed by atoms with E-state index in [0.29, 0.717) is 13.2 Å². The van der Waals surface area contributed by atoms with Crippen molar-refractivity contribution in [3.05, 3.63) is 36.2 Å². The van der Waals surface area contributed by atoms with Crippen LogP contribution in [0.2, 0.25) is 0 Å². The van der Waals surface area contributed by atoms with Crippen LogP contribution >= 0.6 is 11.8 Å². The number of benzene rings is 1. The number of anilines is 1. The zero-order chi connectivity index (χ0) is 16.2. The lowest BCUT2D eigenvalue weighted by atomic mass is 10.0. The van der Waals surface area contributed by atoms with E-state index in [1.807, 2.05) is 24.4 Å². The number of carbonyl (C=O) groups is 1. The number of nitrogens with zero attached hydrogens (tertiary/aromatic N) is 1. The first-order valence-electron chi connectivity index (χ1n) is 7.72. The standard InChI is InChI=1S/C16H22N4O2S/c1-11(21)19-13-2-3-15-12(8-13)9-14(10-22-15)20-6-5-18-16(20)23-7-4-17/h2-3,5-6,8,14,16,18H,4,7,9-10,17H2,1H3,(H,19,21)/t14?,16-/m1/s1. The van der Waals surface area contributed by atoms with E-state index in [4.69, 9.17) is 10.5 Å². The van der Waals surface area contributed by atoms with Crippen LogP contribution in [0.1, 0.15) is 12.5 Å². The second kappa shape index (κ2) is 7.14. The summed E-state index contributed by atoms with van der Waals surface area (Å²) >= 11 is 1.79. The molecule has 2 heterocycles. The zero-order valence-corrected chi connectivity index (χ0v) is 13.9. The normalized spacial score (nSPS) is 22.3. The highest BCUT2D eigenvalue weighted by Crippen LogP contribution is 2.31. The summed E-state index contributed by atoms with van der Waals surface area (Å²) in [5, 5.41) is 6.16. The zero-order valence-electron chi connectivity index (χ0n) is 13.1. The van der Waals surface area contributed by atoms with Crippen molar-refractivity contribution in [3.8, 4) is 5.75 Å². The van der Waals surface area contributed by atoms with Gasteiger partial charge in [0, 0.05) is 37.3 Å². The predicted octanol–water partition coefficient (Wildman–Crippen LogP) is 1.30. The number of hydrogen-bond donors (Lipinski definition) is 3. The minimum absolute atomic E-state index is 0.0665. The van der Waals surface area contributed by atoms with Crippen LogP contribution in [0.15, 0.2) is 30.6 Å². The molecule has 3 rings (SSSR count). The summed E-state index contributed by atoms with van der Waals surface area (Å²) in [7, 11) is 0. The van der Waals surface area contributed by atoms with Gasteiger partial charge in [0.2, 0.25) is 5.91 Å². The summed E-state index contributed by atoms with van der Waals surface area (Å²) in [6, 6.07) is 6.06. The van der Waals surface area contributed by atoms with Gasteiger partial charge in [0.25, 0.3) is 0 Å². The minimum Gasteiger partial charge on any atom is -0.491 e. The molecule has 7 heteroatoms. The molecule has 124 valence electrons. The first-order valence-corrected chi connectivity index (χ1v) is 8.77. The van der Waals surface area contributed by atoms with E-state index < -0.39 is 0 Å². The van der Waals surface area contributed by atoms with Gasteiger partial charge in [0.05, 0.1) is 6.04 Å². The van der Waals surface area contributed by atoms with Gasteiger partial charge in [-0.25, -0.2) is 0 Å². The number of fused-ring (bicyclic) bond motifs is 1. The number of hydrogen-bond acceptors (Lipinski definition) is 6. The Kier molecular flexibility index (Phi) is 4.97. The van der Waals surface area contributed by atoms with E-state index >= 15 is 0 Å². The first kappa shape index (κ1) is 16.0. The van der Waals surface area contributed by atoms with E-state index in [2.05, 4.69) is 21.7 Å². The number of carbonyl (C=O) groups excluding carboxylic acids is 1. The molecule has 1 aromatic carbocycles. The molecular formula is C16H22N4O2S. The number of rotatable bonds is 5. The van der Waals surface area contributed by atoms with E-state index in [-0.39, 0.29) is 17.4 Å². The van der Waals surface area contributed by atoms with Gasteiger partial charge in [-0.2, -0.15) is 0 Å². The van der Waals surface area contributed by atoms with Gasteiger partial charge >= 0.3 is 0 Å². The number of amides is 1. The molecule has 0 radical (unpaired) electrons. The highest BCUT2D eigenvalue weighted by molar-refractivity contribution is 7.99. The Bertz CT molecular complexity index is 608. The molecule has 1 aromatic rings. The van der Waals surface area contributed by atoms with E-state index in [1.165, 1.54) is 6.92 Å². The molecule has 1 amide bonds. The summed E-state index contributed by atoms with van der Waals surface area (Å²) < 4.78 is 5.91. The molecule has 2 atom stereocenters. The molecule has 0 aromatic heterocycles. The lowest BCUT2D eigenvalue weighted by molar-refractivity contribution is -0.114. The fraction of sp³-hybridized carbons (Fsp3) is 0.438. The summed E-state index contributed by atoms with van der Waals surface area (Å²) in [5.41, 5.74) is 7.74. The Hall–Kier alpha value is -1.86. The monoisotopic (exact) mass is 334 g/mol. The lowest BCUT2D eigenvalue weighted by Gasteiger charge is -2.36. The molecule has 0 aliphatic carbocycles. The second-order valence-corrected chi connectivity index (χ2v) is 6.80. The van der Waals surface area contributed by atoms with Crippen molar-refractivity contribution in [2.24, 2.45) is 5.73 Å². The molecule has 0 bridgehead atoms. The highest BCUT2D eigenvalue weighted by atomic mass is 32.2. The molecule has 2 aliphatic heterocycles. The smallest absolute Gasteiger partial charge is 0.221 e. The van der Waals surface area contributed by atoms with Crippen LogP contribution < -0.4 is 21.1 Å². The maximum atomic E-state index is 11.2. The van der Waals surface area contributed by atoms with E-state index in [9.17, 15) is 4.79 Å². The van der Waals surface area contributed by atoms with Crippen molar-refractivity contribution in [1.29, 1.82) is 0 Å². The van der Waals surface area contributed by atoms with Crippen LogP contribution in [-0.4, -0.2) is 41.3 Å². The SMILES string of the molecule is CC(=O)Nc1ccc2c(c1)CC(N1C=CN[C@H]1SCCN)CO2. The Morgan fingerprint density at radius 3 is 3.22 bits per heavy atom. The van der Waals surface area contributed by atoms with Gasteiger partial charge < -0.3 is 26.0 Å². The fourth-order valence-electron chi connectivity index (χ4n) is 2.85. The maximum Gasteiger partial charge on any atom is 0.221 e. The van der Waals surface area contributed by atoms with Crippen LogP contribution in [0.5, 0.6) is 5.75 Å². The number of nitrogens with two attached hydrogens (primary N) is 1. The molecule has 0 fully saturated rings. The maximum absolute atomic E-state index is 11.2. The van der Waals surface area contributed by atoms with Crippen LogP contribution in [0.3, 0.4) is 0 Å². The second-order valence-electron chi connectivity index (χ2n) is 5.61. The van der Waals surface area contributed by atoms with Crippen molar-refractivity contribution in [3.63, 3.8) is 0 Å². The van der Waals surface area contributed by atoms with Crippen molar-refractivity contribution in [1.82, 2.24) is 10.2 Å².